The van der Waals surface area contributed by atoms with Gasteiger partial charge < -0.3 is 5.11 Å². The van der Waals surface area contributed by atoms with Crippen LogP contribution in [0.15, 0.2) is 65.8 Å². The minimum Gasteiger partial charge on any atom is -0.508 e. The molecule has 0 spiro atoms. The van der Waals surface area contributed by atoms with E-state index in [-0.39, 0.29) is 11.0 Å². The molecule has 1 atom stereocenters. The van der Waals surface area contributed by atoms with Gasteiger partial charge in [0.1, 0.15) is 5.75 Å². The van der Waals surface area contributed by atoms with E-state index in [1.54, 1.807) is 23.9 Å². The molecular weight excluding hydrogens is 318 g/mol. The van der Waals surface area contributed by atoms with Crippen LogP contribution in [0.5, 0.6) is 5.75 Å². The van der Waals surface area contributed by atoms with Crippen molar-refractivity contribution in [2.45, 2.75) is 18.7 Å². The molecule has 4 nitrogen and oxygen atoms in total. The summed E-state index contributed by atoms with van der Waals surface area (Å²) in [6.45, 7) is 2.74. The maximum Gasteiger partial charge on any atom is 0.156 e. The Kier molecular flexibility index (Phi) is 3.86. The van der Waals surface area contributed by atoms with Crippen molar-refractivity contribution in [3.63, 3.8) is 0 Å². The van der Waals surface area contributed by atoms with Gasteiger partial charge in [0.25, 0.3) is 0 Å². The number of hydrogen-bond acceptors (Lipinski definition) is 4. The van der Waals surface area contributed by atoms with Crippen LogP contribution in [0.1, 0.15) is 28.9 Å². The molecule has 0 saturated heterocycles. The number of aromatic hydroxyl groups is 1. The molecule has 1 unspecified atom stereocenters. The molecule has 3 aromatic rings. The van der Waals surface area contributed by atoms with Crippen molar-refractivity contribution in [3.8, 4) is 5.75 Å². The number of benzene rings is 2. The number of hydrogen-bond donors (Lipinski definition) is 1. The lowest BCUT2D eigenvalue weighted by Gasteiger charge is -2.21. The summed E-state index contributed by atoms with van der Waals surface area (Å²) in [6, 6.07) is 17.7. The Labute approximate surface area is 144 Å². The van der Waals surface area contributed by atoms with E-state index < -0.39 is 0 Å². The molecule has 1 N–H and O–H groups in total. The van der Waals surface area contributed by atoms with Crippen LogP contribution in [-0.2, 0) is 6.54 Å². The predicted octanol–water partition coefficient (Wildman–Crippen LogP) is 4.52. The first-order valence-corrected chi connectivity index (χ1v) is 8.69. The van der Waals surface area contributed by atoms with E-state index in [9.17, 15) is 5.11 Å². The van der Waals surface area contributed by atoms with Gasteiger partial charge in [0.2, 0.25) is 0 Å². The minimum absolute atomic E-state index is 0.155. The molecule has 120 valence electrons. The van der Waals surface area contributed by atoms with Crippen molar-refractivity contribution in [2.75, 3.05) is 0 Å². The predicted molar refractivity (Wildman–Crippen MR) is 98.1 cm³/mol. The summed E-state index contributed by atoms with van der Waals surface area (Å²) in [5.74, 6) is 1.21. The highest BCUT2D eigenvalue weighted by atomic mass is 32.2. The number of nitrogens with zero attached hydrogens (tertiary/aromatic N) is 3. The van der Waals surface area contributed by atoms with Crippen molar-refractivity contribution in [3.05, 3.63) is 77.5 Å². The maximum atomic E-state index is 9.52. The molecule has 0 aliphatic carbocycles. The molecule has 0 fully saturated rings. The molecule has 4 rings (SSSR count). The van der Waals surface area contributed by atoms with Gasteiger partial charge in [-0.3, -0.25) is 0 Å². The van der Waals surface area contributed by atoms with E-state index in [1.165, 1.54) is 5.56 Å². The molecule has 0 bridgehead atoms. The standard InChI is InChI=1S/C19H17N3OS/c1-13-21-19-17(18(24-13)15-7-9-16(23)10-8-15)11-20-22(19)12-14-5-3-2-4-6-14/h2-11,18,23H,12H2,1H3. The first kappa shape index (κ1) is 15.0. The SMILES string of the molecule is CC1=Nc2c(cnn2Cc2ccccc2)C(c2ccc(O)cc2)S1. The van der Waals surface area contributed by atoms with Gasteiger partial charge in [0.05, 0.1) is 23.0 Å². The van der Waals surface area contributed by atoms with Gasteiger partial charge >= 0.3 is 0 Å². The molecule has 1 aliphatic rings. The van der Waals surface area contributed by atoms with Gasteiger partial charge in [-0.2, -0.15) is 5.10 Å². The van der Waals surface area contributed by atoms with Crippen LogP contribution in [0.4, 0.5) is 5.82 Å². The minimum atomic E-state index is 0.155. The summed E-state index contributed by atoms with van der Waals surface area (Å²) in [5.41, 5.74) is 3.47. The Balaban J connectivity index is 1.72. The third-order valence-electron chi connectivity index (χ3n) is 4.04. The van der Waals surface area contributed by atoms with Gasteiger partial charge in [-0.05, 0) is 30.2 Å². The Hall–Kier alpha value is -2.53. The van der Waals surface area contributed by atoms with E-state index in [0.717, 1.165) is 22.0 Å². The number of phenolic OH excluding ortho intramolecular Hbond substituents is 1. The highest BCUT2D eigenvalue weighted by Gasteiger charge is 2.27. The third kappa shape index (κ3) is 2.83. The van der Waals surface area contributed by atoms with Crippen molar-refractivity contribution in [2.24, 2.45) is 4.99 Å². The zero-order valence-corrected chi connectivity index (χ0v) is 14.1. The average molecular weight is 335 g/mol. The van der Waals surface area contributed by atoms with Crippen molar-refractivity contribution < 1.29 is 5.11 Å². The summed E-state index contributed by atoms with van der Waals surface area (Å²) < 4.78 is 1.96. The molecular formula is C19H17N3OS. The highest BCUT2D eigenvalue weighted by Crippen LogP contribution is 2.45. The van der Waals surface area contributed by atoms with Crippen LogP contribution in [-0.4, -0.2) is 19.9 Å². The fraction of sp³-hybridized carbons (Fsp3) is 0.158. The summed E-state index contributed by atoms with van der Waals surface area (Å²) in [7, 11) is 0. The van der Waals surface area contributed by atoms with E-state index in [1.807, 2.05) is 48.1 Å². The van der Waals surface area contributed by atoms with E-state index >= 15 is 0 Å². The zero-order chi connectivity index (χ0) is 16.5. The van der Waals surface area contributed by atoms with Crippen LogP contribution in [0.25, 0.3) is 0 Å². The number of phenols is 1. The second kappa shape index (κ2) is 6.17. The van der Waals surface area contributed by atoms with Crippen LogP contribution in [0.3, 0.4) is 0 Å². The third-order valence-corrected chi connectivity index (χ3v) is 5.24. The Morgan fingerprint density at radius 1 is 1.08 bits per heavy atom. The summed E-state index contributed by atoms with van der Waals surface area (Å²) in [4.78, 5) is 4.73. The Morgan fingerprint density at radius 3 is 2.58 bits per heavy atom. The lowest BCUT2D eigenvalue weighted by Crippen LogP contribution is -2.07. The number of fused-ring (bicyclic) bond motifs is 1. The monoisotopic (exact) mass is 335 g/mol. The van der Waals surface area contributed by atoms with Crippen molar-refractivity contribution in [1.29, 1.82) is 0 Å². The molecule has 0 radical (unpaired) electrons. The first-order valence-electron chi connectivity index (χ1n) is 7.81. The fourth-order valence-electron chi connectivity index (χ4n) is 2.88. The van der Waals surface area contributed by atoms with Gasteiger partial charge in [0.15, 0.2) is 5.82 Å². The molecule has 24 heavy (non-hydrogen) atoms. The van der Waals surface area contributed by atoms with E-state index in [0.29, 0.717) is 6.54 Å². The van der Waals surface area contributed by atoms with Gasteiger partial charge in [-0.25, -0.2) is 9.67 Å². The Bertz CT molecular complexity index is 885. The van der Waals surface area contributed by atoms with Crippen LogP contribution in [0.2, 0.25) is 0 Å². The van der Waals surface area contributed by atoms with Crippen molar-refractivity contribution in [1.82, 2.24) is 9.78 Å². The van der Waals surface area contributed by atoms with Crippen LogP contribution < -0.4 is 0 Å². The molecule has 0 amide bonds. The zero-order valence-electron chi connectivity index (χ0n) is 13.3. The largest absolute Gasteiger partial charge is 0.508 e. The number of rotatable bonds is 3. The first-order chi connectivity index (χ1) is 11.7. The Morgan fingerprint density at radius 2 is 1.83 bits per heavy atom. The van der Waals surface area contributed by atoms with Crippen molar-refractivity contribution >= 4 is 22.6 Å². The van der Waals surface area contributed by atoms with Gasteiger partial charge in [-0.15, -0.1) is 0 Å². The maximum absolute atomic E-state index is 9.52. The fourth-order valence-corrected chi connectivity index (χ4v) is 3.95. The van der Waals surface area contributed by atoms with Gasteiger partial charge in [-0.1, -0.05) is 54.2 Å². The second-order valence-corrected chi connectivity index (χ2v) is 7.08. The lowest BCUT2D eigenvalue weighted by molar-refractivity contribution is 0.475. The quantitative estimate of drug-likeness (QED) is 0.765. The molecule has 5 heteroatoms. The molecule has 1 aromatic heterocycles. The summed E-state index contributed by atoms with van der Waals surface area (Å²) in [5, 5.41) is 15.3. The molecule has 2 aromatic carbocycles. The average Bonchev–Trinajstić information content (AvgIpc) is 2.99. The summed E-state index contributed by atoms with van der Waals surface area (Å²) in [6.07, 6.45) is 1.92. The number of aliphatic imine (C=N–C) groups is 1. The number of aromatic nitrogens is 2. The topological polar surface area (TPSA) is 50.4 Å². The summed E-state index contributed by atoms with van der Waals surface area (Å²) >= 11 is 1.72. The number of thioether (sulfide) groups is 1. The normalized spacial score (nSPS) is 16.5. The highest BCUT2D eigenvalue weighted by molar-refractivity contribution is 8.14. The van der Waals surface area contributed by atoms with Gasteiger partial charge in [0, 0.05) is 5.56 Å². The van der Waals surface area contributed by atoms with E-state index in [4.69, 9.17) is 4.99 Å². The lowest BCUT2D eigenvalue weighted by atomic mass is 10.1. The smallest absolute Gasteiger partial charge is 0.156 e. The second-order valence-electron chi connectivity index (χ2n) is 5.79. The molecule has 1 aliphatic heterocycles. The van der Waals surface area contributed by atoms with Crippen LogP contribution >= 0.6 is 11.8 Å². The van der Waals surface area contributed by atoms with E-state index in [2.05, 4.69) is 17.2 Å². The molecule has 2 heterocycles. The van der Waals surface area contributed by atoms with Crippen LogP contribution in [0, 0.1) is 0 Å². The molecule has 0 saturated carbocycles.